The number of fused-ring (bicyclic) bond motifs is 1. The number of rotatable bonds is 7. The first-order chi connectivity index (χ1) is 15.0. The van der Waals surface area contributed by atoms with Crippen LogP contribution in [0.3, 0.4) is 0 Å². The molecule has 0 unspecified atom stereocenters. The summed E-state index contributed by atoms with van der Waals surface area (Å²) in [4.78, 5) is 9.14. The van der Waals surface area contributed by atoms with Crippen LogP contribution in [0.25, 0.3) is 11.0 Å². The van der Waals surface area contributed by atoms with Gasteiger partial charge in [-0.3, -0.25) is 4.72 Å². The number of nitrogens with zero attached hydrogens (tertiary/aromatic N) is 2. The summed E-state index contributed by atoms with van der Waals surface area (Å²) >= 11 is 0. The molecule has 31 heavy (non-hydrogen) atoms. The molecule has 0 aliphatic rings. The summed E-state index contributed by atoms with van der Waals surface area (Å²) in [6.45, 7) is 0. The van der Waals surface area contributed by atoms with Crippen LogP contribution in [0, 0.1) is 0 Å². The Balaban J connectivity index is 1.77. The molecule has 0 saturated carbocycles. The van der Waals surface area contributed by atoms with Gasteiger partial charge in [0.1, 0.15) is 11.5 Å². The third-order valence-corrected chi connectivity index (χ3v) is 5.89. The van der Waals surface area contributed by atoms with Crippen molar-refractivity contribution in [3.63, 3.8) is 0 Å². The Morgan fingerprint density at radius 3 is 2.00 bits per heavy atom. The van der Waals surface area contributed by atoms with Crippen LogP contribution in [-0.2, 0) is 10.0 Å². The van der Waals surface area contributed by atoms with E-state index in [4.69, 9.17) is 9.47 Å². The Kier molecular flexibility index (Phi) is 5.59. The van der Waals surface area contributed by atoms with E-state index in [1.807, 2.05) is 24.3 Å². The van der Waals surface area contributed by atoms with Crippen molar-refractivity contribution in [1.29, 1.82) is 0 Å². The first kappa shape index (κ1) is 20.4. The molecular formula is C22H20N4O4S. The fraction of sp³-hybridized carbons (Fsp3) is 0.0909. The van der Waals surface area contributed by atoms with Gasteiger partial charge >= 0.3 is 0 Å². The van der Waals surface area contributed by atoms with E-state index in [2.05, 4.69) is 20.0 Å². The minimum Gasteiger partial charge on any atom is -0.497 e. The minimum absolute atomic E-state index is 0.0698. The summed E-state index contributed by atoms with van der Waals surface area (Å²) in [5.41, 5.74) is 1.80. The number of anilines is 3. The van der Waals surface area contributed by atoms with Crippen molar-refractivity contribution in [3.8, 4) is 11.5 Å². The predicted octanol–water partition coefficient (Wildman–Crippen LogP) is 4.19. The van der Waals surface area contributed by atoms with Crippen LogP contribution in [0.2, 0.25) is 0 Å². The molecule has 0 atom stereocenters. The van der Waals surface area contributed by atoms with E-state index >= 15 is 0 Å². The lowest BCUT2D eigenvalue weighted by atomic mass is 10.3. The maximum atomic E-state index is 13.0. The number of hydrogen-bond acceptors (Lipinski definition) is 7. The average Bonchev–Trinajstić information content (AvgIpc) is 2.79. The van der Waals surface area contributed by atoms with Crippen LogP contribution in [0.5, 0.6) is 11.5 Å². The van der Waals surface area contributed by atoms with E-state index in [0.29, 0.717) is 28.2 Å². The van der Waals surface area contributed by atoms with Crippen molar-refractivity contribution in [2.75, 3.05) is 24.3 Å². The van der Waals surface area contributed by atoms with Crippen molar-refractivity contribution < 1.29 is 17.9 Å². The third kappa shape index (κ3) is 4.36. The zero-order valence-corrected chi connectivity index (χ0v) is 17.7. The van der Waals surface area contributed by atoms with Crippen molar-refractivity contribution in [3.05, 3.63) is 72.8 Å². The molecule has 158 valence electrons. The van der Waals surface area contributed by atoms with Crippen molar-refractivity contribution >= 4 is 38.4 Å². The van der Waals surface area contributed by atoms with Crippen LogP contribution in [0.4, 0.5) is 17.3 Å². The molecule has 0 radical (unpaired) electrons. The van der Waals surface area contributed by atoms with Gasteiger partial charge in [-0.1, -0.05) is 24.3 Å². The van der Waals surface area contributed by atoms with Gasteiger partial charge in [0.15, 0.2) is 11.6 Å². The molecule has 0 saturated heterocycles. The number of nitrogens with one attached hydrogen (secondary N) is 2. The highest BCUT2D eigenvalue weighted by Gasteiger charge is 2.19. The highest BCUT2D eigenvalue weighted by Crippen LogP contribution is 2.31. The summed E-state index contributed by atoms with van der Waals surface area (Å²) in [7, 11) is -0.845. The number of hydrogen-bond donors (Lipinski definition) is 2. The van der Waals surface area contributed by atoms with Gasteiger partial charge in [-0.05, 0) is 48.5 Å². The Bertz CT molecular complexity index is 1330. The van der Waals surface area contributed by atoms with Gasteiger partial charge < -0.3 is 14.8 Å². The smallest absolute Gasteiger partial charge is 0.263 e. The summed E-state index contributed by atoms with van der Waals surface area (Å²) in [5.74, 6) is 1.46. The van der Waals surface area contributed by atoms with Crippen molar-refractivity contribution in [1.82, 2.24) is 9.97 Å². The average molecular weight is 436 g/mol. The number of aromatic nitrogens is 2. The molecule has 0 fully saturated rings. The first-order valence-corrected chi connectivity index (χ1v) is 10.8. The first-order valence-electron chi connectivity index (χ1n) is 9.34. The maximum Gasteiger partial charge on any atom is 0.263 e. The van der Waals surface area contributed by atoms with E-state index in [9.17, 15) is 8.42 Å². The molecule has 0 aliphatic heterocycles. The third-order valence-electron chi connectivity index (χ3n) is 4.53. The van der Waals surface area contributed by atoms with Crippen LogP contribution < -0.4 is 19.5 Å². The lowest BCUT2D eigenvalue weighted by Crippen LogP contribution is -2.16. The van der Waals surface area contributed by atoms with Gasteiger partial charge in [-0.15, -0.1) is 0 Å². The fourth-order valence-corrected chi connectivity index (χ4v) is 3.98. The van der Waals surface area contributed by atoms with Gasteiger partial charge in [0.2, 0.25) is 0 Å². The summed E-state index contributed by atoms with van der Waals surface area (Å²) in [5, 5.41) is 3.13. The summed E-state index contributed by atoms with van der Waals surface area (Å²) in [6.07, 6.45) is 0. The second kappa shape index (κ2) is 8.49. The normalized spacial score (nSPS) is 11.2. The molecule has 1 aromatic heterocycles. The van der Waals surface area contributed by atoms with Crippen LogP contribution in [0.1, 0.15) is 0 Å². The molecule has 4 rings (SSSR count). The summed E-state index contributed by atoms with van der Waals surface area (Å²) in [6, 6.07) is 20.6. The Hall–Kier alpha value is -3.85. The quantitative estimate of drug-likeness (QED) is 0.448. The highest BCUT2D eigenvalue weighted by molar-refractivity contribution is 7.92. The molecule has 2 N–H and O–H groups in total. The number of methoxy groups -OCH3 is 2. The topological polar surface area (TPSA) is 102 Å². The van der Waals surface area contributed by atoms with Crippen LogP contribution in [-0.4, -0.2) is 32.6 Å². The standard InChI is InChI=1S/C22H20N4O4S/c1-29-15-11-13-16(14-12-15)31(27,28)26-22-21(23-17-7-3-4-8-18(17)24-22)25-19-9-5-6-10-20(19)30-2/h3-14H,1-2H3,(H,23,25)(H,24,26). The summed E-state index contributed by atoms with van der Waals surface area (Å²) < 4.78 is 39.0. The minimum atomic E-state index is -3.92. The molecule has 0 aliphatic carbocycles. The number of benzene rings is 3. The molecular weight excluding hydrogens is 416 g/mol. The highest BCUT2D eigenvalue weighted by atomic mass is 32.2. The van der Waals surface area contributed by atoms with E-state index in [0.717, 1.165) is 0 Å². The Morgan fingerprint density at radius 2 is 1.35 bits per heavy atom. The second-order valence-electron chi connectivity index (χ2n) is 6.52. The number of para-hydroxylation sites is 4. The molecule has 4 aromatic rings. The Morgan fingerprint density at radius 1 is 0.742 bits per heavy atom. The predicted molar refractivity (Wildman–Crippen MR) is 120 cm³/mol. The molecule has 9 heteroatoms. The fourth-order valence-electron chi connectivity index (χ4n) is 2.97. The van der Waals surface area contributed by atoms with Crippen molar-refractivity contribution in [2.24, 2.45) is 0 Å². The molecule has 0 bridgehead atoms. The van der Waals surface area contributed by atoms with E-state index in [1.54, 1.807) is 43.5 Å². The molecule has 0 amide bonds. The lowest BCUT2D eigenvalue weighted by molar-refractivity contribution is 0.414. The van der Waals surface area contributed by atoms with E-state index in [1.165, 1.54) is 19.2 Å². The van der Waals surface area contributed by atoms with E-state index in [-0.39, 0.29) is 16.5 Å². The second-order valence-corrected chi connectivity index (χ2v) is 8.20. The molecule has 8 nitrogen and oxygen atoms in total. The number of ether oxygens (including phenoxy) is 2. The van der Waals surface area contributed by atoms with Gasteiger partial charge in [0.25, 0.3) is 10.0 Å². The monoisotopic (exact) mass is 436 g/mol. The molecule has 3 aromatic carbocycles. The van der Waals surface area contributed by atoms with E-state index < -0.39 is 10.0 Å². The van der Waals surface area contributed by atoms with Gasteiger partial charge in [-0.25, -0.2) is 18.4 Å². The van der Waals surface area contributed by atoms with Crippen molar-refractivity contribution in [2.45, 2.75) is 4.90 Å². The zero-order valence-electron chi connectivity index (χ0n) is 16.9. The lowest BCUT2D eigenvalue weighted by Gasteiger charge is -2.15. The zero-order chi connectivity index (χ0) is 21.8. The van der Waals surface area contributed by atoms with Crippen LogP contribution >= 0.6 is 0 Å². The Labute approximate surface area is 179 Å². The molecule has 1 heterocycles. The largest absolute Gasteiger partial charge is 0.497 e. The van der Waals surface area contributed by atoms with Crippen LogP contribution in [0.15, 0.2) is 77.7 Å². The SMILES string of the molecule is COc1ccc(S(=O)(=O)Nc2nc3ccccc3nc2Nc2ccccc2OC)cc1. The maximum absolute atomic E-state index is 13.0. The van der Waals surface area contributed by atoms with Gasteiger partial charge in [0.05, 0.1) is 35.8 Å². The van der Waals surface area contributed by atoms with Gasteiger partial charge in [0, 0.05) is 0 Å². The van der Waals surface area contributed by atoms with Gasteiger partial charge in [-0.2, -0.15) is 0 Å². The molecule has 0 spiro atoms. The number of sulfonamides is 1.